The summed E-state index contributed by atoms with van der Waals surface area (Å²) in [7, 11) is 0. The maximum atomic E-state index is 13.6. The van der Waals surface area contributed by atoms with E-state index in [-0.39, 0.29) is 5.57 Å². The Morgan fingerprint density at radius 3 is 2.62 bits per heavy atom. The number of amides is 3. The van der Waals surface area contributed by atoms with Crippen molar-refractivity contribution in [1.82, 2.24) is 10.2 Å². The van der Waals surface area contributed by atoms with E-state index in [2.05, 4.69) is 5.32 Å². The minimum absolute atomic E-state index is 0.257. The van der Waals surface area contributed by atoms with Crippen LogP contribution in [0.1, 0.15) is 29.2 Å². The van der Waals surface area contributed by atoms with Crippen LogP contribution in [-0.2, 0) is 16.3 Å². The molecule has 0 bridgehead atoms. The molecule has 162 valence electrons. The van der Waals surface area contributed by atoms with Crippen molar-refractivity contribution in [3.63, 3.8) is 0 Å². The number of nitrogens with zero attached hydrogens (tertiary/aromatic N) is 3. The van der Waals surface area contributed by atoms with Gasteiger partial charge in [-0.05, 0) is 35.4 Å². The number of nitriles is 1. The molecule has 0 saturated heterocycles. The third-order valence-electron chi connectivity index (χ3n) is 5.48. The van der Waals surface area contributed by atoms with Crippen LogP contribution in [0.15, 0.2) is 59.8 Å². The van der Waals surface area contributed by atoms with E-state index in [1.54, 1.807) is 42.5 Å². The fourth-order valence-corrected chi connectivity index (χ4v) is 4.12. The lowest BCUT2D eigenvalue weighted by molar-refractivity contribution is -0.138. The number of hydrogen-bond acceptors (Lipinski definition) is 4. The summed E-state index contributed by atoms with van der Waals surface area (Å²) in [4.78, 5) is 40.6. The molecule has 2 aliphatic heterocycles. The van der Waals surface area contributed by atoms with Crippen molar-refractivity contribution >= 4 is 23.6 Å². The number of hydrogen-bond donors (Lipinski definition) is 2. The molecule has 0 spiro atoms. The zero-order valence-electron chi connectivity index (χ0n) is 16.9. The van der Waals surface area contributed by atoms with E-state index in [4.69, 9.17) is 5.26 Å². The average molecular weight is 434 g/mol. The lowest BCUT2D eigenvalue weighted by atomic mass is 9.88. The Morgan fingerprint density at radius 2 is 1.97 bits per heavy atom. The largest absolute Gasteiger partial charge is 0.480 e. The zero-order valence-corrected chi connectivity index (χ0v) is 16.9. The Labute approximate surface area is 183 Å². The second-order valence-corrected chi connectivity index (χ2v) is 7.45. The summed E-state index contributed by atoms with van der Waals surface area (Å²) < 4.78 is 13.3. The molecule has 0 aromatic heterocycles. The molecule has 1 unspecified atom stereocenters. The fraction of sp³-hybridized carbons (Fsp3) is 0.217. The van der Waals surface area contributed by atoms with Crippen LogP contribution in [-0.4, -0.2) is 41.0 Å². The van der Waals surface area contributed by atoms with E-state index in [0.29, 0.717) is 41.0 Å². The number of carboxylic acid groups (broad SMARTS) is 1. The SMILES string of the molecule is N#Cc1ccc(C2C3=C(CCNC3=O)N(c3cccc(CF)c3)C(=O)N2CC(=O)O)cc1. The third-order valence-corrected chi connectivity index (χ3v) is 5.48. The number of carboxylic acids is 1. The molecule has 1 atom stereocenters. The quantitative estimate of drug-likeness (QED) is 0.751. The number of aliphatic carboxylic acids is 1. The van der Waals surface area contributed by atoms with E-state index in [1.165, 1.54) is 11.0 Å². The van der Waals surface area contributed by atoms with Crippen LogP contribution in [0.2, 0.25) is 0 Å². The Morgan fingerprint density at radius 1 is 1.22 bits per heavy atom. The van der Waals surface area contributed by atoms with Gasteiger partial charge in [0.15, 0.2) is 0 Å². The van der Waals surface area contributed by atoms with Gasteiger partial charge >= 0.3 is 12.0 Å². The van der Waals surface area contributed by atoms with Gasteiger partial charge in [-0.3, -0.25) is 14.5 Å². The number of anilines is 1. The number of urea groups is 1. The van der Waals surface area contributed by atoms with Crippen molar-refractivity contribution < 1.29 is 23.9 Å². The van der Waals surface area contributed by atoms with Gasteiger partial charge in [0.25, 0.3) is 5.91 Å². The van der Waals surface area contributed by atoms with Gasteiger partial charge in [0.1, 0.15) is 13.2 Å². The van der Waals surface area contributed by atoms with Gasteiger partial charge in [0, 0.05) is 18.7 Å². The molecule has 2 aliphatic rings. The highest BCUT2D eigenvalue weighted by Gasteiger charge is 2.45. The van der Waals surface area contributed by atoms with Crippen LogP contribution in [0.25, 0.3) is 0 Å². The minimum Gasteiger partial charge on any atom is -0.480 e. The highest BCUT2D eigenvalue weighted by atomic mass is 19.1. The predicted molar refractivity (Wildman–Crippen MR) is 112 cm³/mol. The molecule has 2 N–H and O–H groups in total. The number of carbonyl (C=O) groups excluding carboxylic acids is 2. The van der Waals surface area contributed by atoms with Gasteiger partial charge in [0.2, 0.25) is 0 Å². The second-order valence-electron chi connectivity index (χ2n) is 7.45. The van der Waals surface area contributed by atoms with E-state index in [0.717, 1.165) is 4.90 Å². The topological polar surface area (TPSA) is 114 Å². The smallest absolute Gasteiger partial charge is 0.330 e. The number of carbonyl (C=O) groups is 3. The summed E-state index contributed by atoms with van der Waals surface area (Å²) >= 11 is 0. The first kappa shape index (κ1) is 21.1. The Bertz CT molecular complexity index is 1170. The van der Waals surface area contributed by atoms with Crippen molar-refractivity contribution in [2.45, 2.75) is 19.1 Å². The summed E-state index contributed by atoms with van der Waals surface area (Å²) in [6.07, 6.45) is 0.348. The molecule has 0 saturated carbocycles. The molecular formula is C23H19FN4O4. The lowest BCUT2D eigenvalue weighted by Gasteiger charge is -2.44. The van der Waals surface area contributed by atoms with E-state index in [1.807, 2.05) is 6.07 Å². The zero-order chi connectivity index (χ0) is 22.8. The van der Waals surface area contributed by atoms with E-state index >= 15 is 0 Å². The highest BCUT2D eigenvalue weighted by molar-refractivity contribution is 6.06. The molecule has 4 rings (SSSR count). The van der Waals surface area contributed by atoms with Crippen LogP contribution < -0.4 is 10.2 Å². The first-order valence-electron chi connectivity index (χ1n) is 9.93. The standard InChI is InChI=1S/C23H19FN4O4/c24-11-15-2-1-3-17(10-15)28-18-8-9-26-22(31)20(18)21(27(23(28)32)13-19(29)30)16-6-4-14(12-25)5-7-16/h1-7,10,21H,8-9,11,13H2,(H,26,31)(H,29,30). The van der Waals surface area contributed by atoms with Gasteiger partial charge in [-0.25, -0.2) is 9.18 Å². The molecule has 0 fully saturated rings. The van der Waals surface area contributed by atoms with Crippen molar-refractivity contribution in [1.29, 1.82) is 5.26 Å². The molecule has 8 nitrogen and oxygen atoms in total. The minimum atomic E-state index is -1.24. The summed E-state index contributed by atoms with van der Waals surface area (Å²) in [5, 5.41) is 21.4. The molecule has 32 heavy (non-hydrogen) atoms. The second kappa shape index (κ2) is 8.51. The van der Waals surface area contributed by atoms with Gasteiger partial charge in [-0.1, -0.05) is 24.3 Å². The van der Waals surface area contributed by atoms with Crippen LogP contribution in [0.3, 0.4) is 0 Å². The number of rotatable bonds is 5. The van der Waals surface area contributed by atoms with Gasteiger partial charge in [-0.15, -0.1) is 0 Å². The van der Waals surface area contributed by atoms with Crippen molar-refractivity contribution in [2.75, 3.05) is 18.0 Å². The Hall–Kier alpha value is -4.19. The van der Waals surface area contributed by atoms with E-state index in [9.17, 15) is 23.9 Å². The summed E-state index contributed by atoms with van der Waals surface area (Å²) in [6.45, 7) is -1.06. The third kappa shape index (κ3) is 3.67. The highest BCUT2D eigenvalue weighted by Crippen LogP contribution is 2.41. The van der Waals surface area contributed by atoms with Crippen LogP contribution in [0.5, 0.6) is 0 Å². The first-order valence-corrected chi connectivity index (χ1v) is 9.93. The normalized spacial score (nSPS) is 18.2. The predicted octanol–water partition coefficient (Wildman–Crippen LogP) is 2.87. The van der Waals surface area contributed by atoms with Crippen molar-refractivity contribution in [3.05, 3.63) is 76.5 Å². The van der Waals surface area contributed by atoms with Crippen LogP contribution in [0.4, 0.5) is 14.9 Å². The molecular weight excluding hydrogens is 415 g/mol. The number of benzene rings is 2. The van der Waals surface area contributed by atoms with Crippen LogP contribution >= 0.6 is 0 Å². The van der Waals surface area contributed by atoms with Crippen molar-refractivity contribution in [3.8, 4) is 6.07 Å². The molecule has 2 heterocycles. The lowest BCUT2D eigenvalue weighted by Crippen LogP contribution is -2.55. The average Bonchev–Trinajstić information content (AvgIpc) is 2.80. The molecule has 0 radical (unpaired) electrons. The monoisotopic (exact) mass is 434 g/mol. The molecule has 9 heteroatoms. The summed E-state index contributed by atoms with van der Waals surface area (Å²) in [5.41, 5.74) is 2.34. The number of alkyl halides is 1. The van der Waals surface area contributed by atoms with Gasteiger partial charge in [-0.2, -0.15) is 5.26 Å². The first-order chi connectivity index (χ1) is 15.4. The van der Waals surface area contributed by atoms with Crippen molar-refractivity contribution in [2.24, 2.45) is 0 Å². The molecule has 2 aromatic carbocycles. The maximum Gasteiger partial charge on any atom is 0.330 e. The maximum absolute atomic E-state index is 13.6. The molecule has 3 amide bonds. The molecule has 0 aliphatic carbocycles. The fourth-order valence-electron chi connectivity index (χ4n) is 4.12. The summed E-state index contributed by atoms with van der Waals surface area (Å²) in [6, 6.07) is 13.1. The van der Waals surface area contributed by atoms with E-state index < -0.39 is 37.2 Å². The Balaban J connectivity index is 1.93. The Kier molecular flexibility index (Phi) is 5.60. The van der Waals surface area contributed by atoms with Crippen LogP contribution in [0, 0.1) is 11.3 Å². The number of nitrogens with one attached hydrogen (secondary N) is 1. The van der Waals surface area contributed by atoms with Gasteiger partial charge in [0.05, 0.1) is 28.9 Å². The number of halogens is 1. The van der Waals surface area contributed by atoms with Gasteiger partial charge < -0.3 is 15.3 Å². The molecule has 2 aromatic rings. The summed E-state index contributed by atoms with van der Waals surface area (Å²) in [5.74, 6) is -1.65.